The summed E-state index contributed by atoms with van der Waals surface area (Å²) in [5, 5.41) is 0. The molecule has 6 nitrogen and oxygen atoms in total. The zero-order valence-electron chi connectivity index (χ0n) is 15.2. The van der Waals surface area contributed by atoms with E-state index in [1.807, 2.05) is 15.7 Å². The van der Waals surface area contributed by atoms with Crippen molar-refractivity contribution in [1.82, 2.24) is 14.5 Å². The first-order chi connectivity index (χ1) is 12.3. The number of alkyl halides is 3. The normalized spacial score (nSPS) is 16.4. The van der Waals surface area contributed by atoms with E-state index in [9.17, 15) is 26.4 Å². The molecule has 0 aliphatic carbocycles. The van der Waals surface area contributed by atoms with Crippen LogP contribution in [0.5, 0.6) is 0 Å². The van der Waals surface area contributed by atoms with Gasteiger partial charge < -0.3 is 4.90 Å². The van der Waals surface area contributed by atoms with Crippen molar-refractivity contribution < 1.29 is 26.4 Å². The summed E-state index contributed by atoms with van der Waals surface area (Å²) in [6, 6.07) is 4.89. The van der Waals surface area contributed by atoms with Crippen LogP contribution in [0.2, 0.25) is 0 Å². The van der Waals surface area contributed by atoms with E-state index in [2.05, 4.69) is 0 Å². The van der Waals surface area contributed by atoms with Gasteiger partial charge in [0, 0.05) is 13.1 Å². The number of amides is 1. The molecular formula is C17H22F3N3O3S. The molecule has 0 saturated carbocycles. The molecule has 1 aromatic carbocycles. The quantitative estimate of drug-likeness (QED) is 0.813. The lowest BCUT2D eigenvalue weighted by Crippen LogP contribution is -2.58. The number of carbonyl (C=O) groups excluding carboxylic acids is 1. The Hall–Kier alpha value is -2.07. The Balaban J connectivity index is 2.06. The Labute approximate surface area is 156 Å². The minimum atomic E-state index is -4.38. The summed E-state index contributed by atoms with van der Waals surface area (Å²) < 4.78 is 62.6. The summed E-state index contributed by atoms with van der Waals surface area (Å²) in [7, 11) is -3.67. The van der Waals surface area contributed by atoms with Gasteiger partial charge in [-0.05, 0) is 37.7 Å². The molecule has 1 heterocycles. The molecule has 0 fully saturated rings. The van der Waals surface area contributed by atoms with Gasteiger partial charge in [0.25, 0.3) is 5.91 Å². The van der Waals surface area contributed by atoms with Gasteiger partial charge in [0.05, 0.1) is 24.0 Å². The van der Waals surface area contributed by atoms with Crippen LogP contribution in [-0.4, -0.2) is 49.1 Å². The largest absolute Gasteiger partial charge is 0.416 e. The van der Waals surface area contributed by atoms with Crippen LogP contribution < -0.4 is 4.72 Å². The molecule has 0 unspecified atom stereocenters. The first-order valence-corrected chi connectivity index (χ1v) is 10.0. The predicted molar refractivity (Wildman–Crippen MR) is 94.8 cm³/mol. The van der Waals surface area contributed by atoms with E-state index in [0.717, 1.165) is 18.4 Å². The van der Waals surface area contributed by atoms with Gasteiger partial charge in [-0.25, -0.2) is 8.42 Å². The number of hydrogen-bond acceptors (Lipinski definition) is 5. The second kappa shape index (κ2) is 7.51. The fourth-order valence-corrected chi connectivity index (χ4v) is 3.21. The Morgan fingerprint density at radius 2 is 1.78 bits per heavy atom. The topological polar surface area (TPSA) is 69.7 Å². The van der Waals surface area contributed by atoms with Crippen molar-refractivity contribution in [2.75, 3.05) is 19.5 Å². The predicted octanol–water partition coefficient (Wildman–Crippen LogP) is 2.15. The first-order valence-electron chi connectivity index (χ1n) is 8.13. The molecule has 1 aromatic rings. The fourth-order valence-electron chi connectivity index (χ4n) is 2.63. The van der Waals surface area contributed by atoms with Crippen molar-refractivity contribution in [2.24, 2.45) is 0 Å². The summed E-state index contributed by atoms with van der Waals surface area (Å²) in [4.78, 5) is 15.9. The minimum Gasteiger partial charge on any atom is -0.361 e. The molecule has 1 N–H and O–H groups in total. The van der Waals surface area contributed by atoms with Crippen LogP contribution in [0, 0.1) is 0 Å². The van der Waals surface area contributed by atoms with Crippen LogP contribution in [0.4, 0.5) is 13.2 Å². The Morgan fingerprint density at radius 3 is 2.30 bits per heavy atom. The molecule has 0 aromatic heterocycles. The third-order valence-electron chi connectivity index (χ3n) is 4.29. The van der Waals surface area contributed by atoms with E-state index >= 15 is 0 Å². The van der Waals surface area contributed by atoms with Crippen LogP contribution in [0.15, 0.2) is 36.5 Å². The molecule has 0 atom stereocenters. The van der Waals surface area contributed by atoms with E-state index in [1.54, 1.807) is 24.9 Å². The highest BCUT2D eigenvalue weighted by Crippen LogP contribution is 2.29. The summed E-state index contributed by atoms with van der Waals surface area (Å²) >= 11 is 0. The van der Waals surface area contributed by atoms with Crippen LogP contribution in [0.1, 0.15) is 25.0 Å². The van der Waals surface area contributed by atoms with Gasteiger partial charge in [0.15, 0.2) is 0 Å². The molecule has 1 aliphatic heterocycles. The standard InChI is InChI=1S/C17H22F3N3O3S/c1-16(2,15(24)21-27(3,25)26)23-10-4-9-22(12-23)11-13-5-7-14(8-6-13)17(18,19)20/h4-9H,10-12H2,1-3H3,(H,21,24). The van der Waals surface area contributed by atoms with E-state index < -0.39 is 33.2 Å². The Kier molecular flexibility index (Phi) is 5.91. The molecule has 1 aliphatic rings. The molecule has 0 saturated heterocycles. The third kappa shape index (κ3) is 5.70. The third-order valence-corrected chi connectivity index (χ3v) is 4.84. The first kappa shape index (κ1) is 21.2. The SMILES string of the molecule is CC(C)(C(=O)NS(C)(=O)=O)N1CC=CN(Cc2ccc(C(F)(F)F)cc2)C1. The van der Waals surface area contributed by atoms with Crippen molar-refractivity contribution in [1.29, 1.82) is 0 Å². The Morgan fingerprint density at radius 1 is 1.19 bits per heavy atom. The molecule has 10 heteroatoms. The molecule has 0 bridgehead atoms. The number of nitrogens with one attached hydrogen (secondary N) is 1. The number of sulfonamides is 1. The maximum absolute atomic E-state index is 12.6. The van der Waals surface area contributed by atoms with E-state index in [4.69, 9.17) is 0 Å². The molecule has 27 heavy (non-hydrogen) atoms. The molecule has 2 rings (SSSR count). The highest BCUT2D eigenvalue weighted by Gasteiger charge is 2.37. The number of hydrogen-bond donors (Lipinski definition) is 1. The lowest BCUT2D eigenvalue weighted by atomic mass is 10.0. The maximum atomic E-state index is 12.6. The van der Waals surface area contributed by atoms with Crippen LogP contribution in [-0.2, 0) is 27.5 Å². The average molecular weight is 405 g/mol. The molecule has 150 valence electrons. The van der Waals surface area contributed by atoms with Gasteiger partial charge in [-0.1, -0.05) is 18.2 Å². The van der Waals surface area contributed by atoms with Crippen molar-refractivity contribution in [3.63, 3.8) is 0 Å². The van der Waals surface area contributed by atoms with Crippen LogP contribution in [0.3, 0.4) is 0 Å². The lowest BCUT2D eigenvalue weighted by molar-refractivity contribution is -0.137. The summed E-state index contributed by atoms with van der Waals surface area (Å²) in [5.41, 5.74) is -1.11. The van der Waals surface area contributed by atoms with Crippen LogP contribution in [0.25, 0.3) is 0 Å². The van der Waals surface area contributed by atoms with Gasteiger partial charge in [0.1, 0.15) is 0 Å². The summed E-state index contributed by atoms with van der Waals surface area (Å²) in [5.74, 6) is -0.644. The lowest BCUT2D eigenvalue weighted by Gasteiger charge is -2.41. The van der Waals surface area contributed by atoms with Crippen molar-refractivity contribution >= 4 is 15.9 Å². The summed E-state index contributed by atoms with van der Waals surface area (Å²) in [6.07, 6.45) is 0.146. The monoisotopic (exact) mass is 405 g/mol. The van der Waals surface area contributed by atoms with Crippen molar-refractivity contribution in [3.05, 3.63) is 47.7 Å². The number of halogens is 3. The average Bonchev–Trinajstić information content (AvgIpc) is 2.53. The van der Waals surface area contributed by atoms with Gasteiger partial charge >= 0.3 is 6.18 Å². The molecule has 1 amide bonds. The second-order valence-corrected chi connectivity index (χ2v) is 8.70. The highest BCUT2D eigenvalue weighted by molar-refractivity contribution is 7.89. The maximum Gasteiger partial charge on any atom is 0.416 e. The minimum absolute atomic E-state index is 0.321. The van der Waals surface area contributed by atoms with Gasteiger partial charge in [-0.2, -0.15) is 13.2 Å². The van der Waals surface area contributed by atoms with E-state index in [1.165, 1.54) is 12.1 Å². The molecular weight excluding hydrogens is 383 g/mol. The smallest absolute Gasteiger partial charge is 0.361 e. The zero-order chi connectivity index (χ0) is 20.5. The number of benzene rings is 1. The van der Waals surface area contributed by atoms with Crippen LogP contribution >= 0.6 is 0 Å². The summed E-state index contributed by atoms with van der Waals surface area (Å²) in [6.45, 7) is 4.34. The fraction of sp³-hybridized carbons (Fsp3) is 0.471. The molecule has 0 spiro atoms. The second-order valence-electron chi connectivity index (χ2n) is 6.95. The Bertz CT molecular complexity index is 818. The number of nitrogens with zero attached hydrogens (tertiary/aromatic N) is 2. The number of carbonyl (C=O) groups is 1. The van der Waals surface area contributed by atoms with Gasteiger partial charge in [0.2, 0.25) is 10.0 Å². The molecule has 0 radical (unpaired) electrons. The van der Waals surface area contributed by atoms with Gasteiger partial charge in [-0.15, -0.1) is 0 Å². The zero-order valence-corrected chi connectivity index (χ0v) is 16.1. The van der Waals surface area contributed by atoms with E-state index in [0.29, 0.717) is 25.3 Å². The van der Waals surface area contributed by atoms with E-state index in [-0.39, 0.29) is 0 Å². The van der Waals surface area contributed by atoms with Crippen molar-refractivity contribution in [3.8, 4) is 0 Å². The van der Waals surface area contributed by atoms with Crippen molar-refractivity contribution in [2.45, 2.75) is 32.1 Å². The number of rotatable bonds is 5. The van der Waals surface area contributed by atoms with Gasteiger partial charge in [-0.3, -0.25) is 14.4 Å². The highest BCUT2D eigenvalue weighted by atomic mass is 32.2.